The number of aryl methyl sites for hydroxylation is 1. The fourth-order valence-corrected chi connectivity index (χ4v) is 6.39. The highest BCUT2D eigenvalue weighted by Gasteiger charge is 2.39. The largest absolute Gasteiger partial charge is 0.351 e. The lowest BCUT2D eigenvalue weighted by Gasteiger charge is -2.31. The first-order valence-corrected chi connectivity index (χ1v) is 13.1. The van der Waals surface area contributed by atoms with E-state index in [4.69, 9.17) is 0 Å². The van der Waals surface area contributed by atoms with E-state index >= 15 is 0 Å². The fourth-order valence-electron chi connectivity index (χ4n) is 5.29. The number of benzene rings is 2. The number of nitrogens with zero attached hydrogens (tertiary/aromatic N) is 2. The van der Waals surface area contributed by atoms with Crippen LogP contribution in [-0.4, -0.2) is 33.1 Å². The zero-order valence-corrected chi connectivity index (χ0v) is 20.2. The summed E-state index contributed by atoms with van der Waals surface area (Å²) in [5.74, 6) is -0.274. The number of carbonyl (C=O) groups is 2. The van der Waals surface area contributed by atoms with Crippen molar-refractivity contribution in [2.45, 2.75) is 62.2 Å². The Labute approximate surface area is 203 Å². The van der Waals surface area contributed by atoms with Crippen LogP contribution >= 0.6 is 11.8 Å². The number of amides is 2. The van der Waals surface area contributed by atoms with Gasteiger partial charge in [0.1, 0.15) is 11.9 Å². The Morgan fingerprint density at radius 3 is 2.50 bits per heavy atom. The Kier molecular flexibility index (Phi) is 6.63. The summed E-state index contributed by atoms with van der Waals surface area (Å²) in [5.41, 5.74) is 2.74. The van der Waals surface area contributed by atoms with E-state index < -0.39 is 6.04 Å². The van der Waals surface area contributed by atoms with E-state index in [9.17, 15) is 14.0 Å². The van der Waals surface area contributed by atoms with E-state index in [1.807, 2.05) is 25.2 Å². The molecular formula is C27H30FN3O2S. The van der Waals surface area contributed by atoms with Crippen LogP contribution in [-0.2, 0) is 23.2 Å². The Bertz CT molecular complexity index is 1200. The van der Waals surface area contributed by atoms with Gasteiger partial charge in [-0.15, -0.1) is 0 Å². The molecule has 7 heteroatoms. The summed E-state index contributed by atoms with van der Waals surface area (Å²) in [6, 6.07) is 13.6. The van der Waals surface area contributed by atoms with Gasteiger partial charge >= 0.3 is 0 Å². The molecule has 1 aromatic heterocycles. The second-order valence-electron chi connectivity index (χ2n) is 9.33. The maximum absolute atomic E-state index is 14.0. The van der Waals surface area contributed by atoms with Crippen molar-refractivity contribution >= 4 is 34.5 Å². The molecule has 1 saturated carbocycles. The predicted molar refractivity (Wildman–Crippen MR) is 133 cm³/mol. The van der Waals surface area contributed by atoms with Crippen LogP contribution in [0.1, 0.15) is 55.7 Å². The predicted octanol–water partition coefficient (Wildman–Crippen LogP) is 5.33. The Morgan fingerprint density at radius 1 is 1.06 bits per heavy atom. The van der Waals surface area contributed by atoms with Gasteiger partial charge in [-0.25, -0.2) is 4.39 Å². The first-order chi connectivity index (χ1) is 16.5. The SMILES string of the molecule is Cn1c2c(c3ccccc31)C(C(=O)NC1CCCCCC1)N(Cc1ccc(F)cc1)C(=O)CS2. The third-order valence-electron chi connectivity index (χ3n) is 7.04. The molecule has 2 aromatic carbocycles. The summed E-state index contributed by atoms with van der Waals surface area (Å²) in [7, 11) is 1.99. The zero-order chi connectivity index (χ0) is 23.7. The van der Waals surface area contributed by atoms with E-state index in [-0.39, 0.29) is 36.0 Å². The molecule has 3 aromatic rings. The molecule has 0 spiro atoms. The van der Waals surface area contributed by atoms with Gasteiger partial charge in [0, 0.05) is 36.1 Å². The summed E-state index contributed by atoms with van der Waals surface area (Å²) in [6.45, 7) is 0.255. The standard InChI is InChI=1S/C27H30FN3O2S/c1-30-22-11-7-6-10-21(22)24-25(26(33)29-20-8-4-2-3-5-9-20)31(23(32)17-34-27(24)30)16-18-12-14-19(28)15-13-18/h6-7,10-15,20,25H,2-5,8-9,16-17H2,1H3,(H,29,33). The molecule has 2 aliphatic rings. The number of nitrogens with one attached hydrogen (secondary N) is 1. The summed E-state index contributed by atoms with van der Waals surface area (Å²) in [5, 5.41) is 5.25. The van der Waals surface area contributed by atoms with E-state index in [0.717, 1.165) is 52.7 Å². The van der Waals surface area contributed by atoms with Gasteiger partial charge in [-0.2, -0.15) is 0 Å². The Hall–Kier alpha value is -2.80. The molecule has 1 atom stereocenters. The van der Waals surface area contributed by atoms with E-state index in [2.05, 4.69) is 16.0 Å². The second kappa shape index (κ2) is 9.82. The normalized spacial score (nSPS) is 19.5. The van der Waals surface area contributed by atoms with Crippen LogP contribution in [0.5, 0.6) is 0 Å². The number of fused-ring (bicyclic) bond motifs is 3. The van der Waals surface area contributed by atoms with Crippen molar-refractivity contribution in [3.8, 4) is 0 Å². The average Bonchev–Trinajstić information content (AvgIpc) is 3.01. The third kappa shape index (κ3) is 4.45. The van der Waals surface area contributed by atoms with Crippen LogP contribution in [0.15, 0.2) is 53.6 Å². The van der Waals surface area contributed by atoms with E-state index in [1.54, 1.807) is 17.0 Å². The maximum Gasteiger partial charge on any atom is 0.247 e. The molecule has 0 bridgehead atoms. The molecule has 1 unspecified atom stereocenters. The molecule has 178 valence electrons. The van der Waals surface area contributed by atoms with Crippen molar-refractivity contribution in [2.75, 3.05) is 5.75 Å². The molecule has 2 amide bonds. The van der Waals surface area contributed by atoms with Gasteiger partial charge < -0.3 is 14.8 Å². The molecule has 1 aliphatic heterocycles. The molecule has 0 radical (unpaired) electrons. The third-order valence-corrected chi connectivity index (χ3v) is 8.20. The molecule has 34 heavy (non-hydrogen) atoms. The first-order valence-electron chi connectivity index (χ1n) is 12.1. The summed E-state index contributed by atoms with van der Waals surface area (Å²) in [6.07, 6.45) is 6.58. The van der Waals surface area contributed by atoms with Crippen LogP contribution in [0.3, 0.4) is 0 Å². The molecule has 1 aliphatic carbocycles. The monoisotopic (exact) mass is 479 g/mol. The number of para-hydroxylation sites is 1. The number of hydrogen-bond donors (Lipinski definition) is 1. The molecule has 5 nitrogen and oxygen atoms in total. The highest BCUT2D eigenvalue weighted by molar-refractivity contribution is 8.00. The minimum absolute atomic E-state index is 0.0874. The molecule has 2 heterocycles. The lowest BCUT2D eigenvalue weighted by Crippen LogP contribution is -2.46. The quantitative estimate of drug-likeness (QED) is 0.515. The Morgan fingerprint density at radius 2 is 1.76 bits per heavy atom. The number of thioether (sulfide) groups is 1. The topological polar surface area (TPSA) is 54.3 Å². The molecule has 1 fully saturated rings. The van der Waals surface area contributed by atoms with E-state index in [1.165, 1.54) is 36.7 Å². The summed E-state index contributed by atoms with van der Waals surface area (Å²) >= 11 is 1.49. The van der Waals surface area contributed by atoms with Crippen molar-refractivity contribution in [3.05, 3.63) is 65.5 Å². The van der Waals surface area contributed by atoms with Crippen molar-refractivity contribution in [1.29, 1.82) is 0 Å². The van der Waals surface area contributed by atoms with Crippen LogP contribution in [0, 0.1) is 5.82 Å². The second-order valence-corrected chi connectivity index (χ2v) is 10.3. The first kappa shape index (κ1) is 23.0. The highest BCUT2D eigenvalue weighted by atomic mass is 32.2. The Balaban J connectivity index is 1.59. The van der Waals surface area contributed by atoms with Gasteiger partial charge in [0.25, 0.3) is 0 Å². The summed E-state index contributed by atoms with van der Waals surface area (Å²) in [4.78, 5) is 29.1. The van der Waals surface area contributed by atoms with Crippen molar-refractivity contribution in [3.63, 3.8) is 0 Å². The van der Waals surface area contributed by atoms with Crippen LogP contribution < -0.4 is 5.32 Å². The highest BCUT2D eigenvalue weighted by Crippen LogP contribution is 2.42. The molecule has 0 saturated heterocycles. The van der Waals surface area contributed by atoms with Gasteiger partial charge in [-0.3, -0.25) is 9.59 Å². The van der Waals surface area contributed by atoms with Gasteiger partial charge in [0.2, 0.25) is 11.8 Å². The minimum atomic E-state index is -0.739. The fraction of sp³-hybridized carbons (Fsp3) is 0.407. The lowest BCUT2D eigenvalue weighted by atomic mass is 10.0. The van der Waals surface area contributed by atoms with Crippen LogP contribution in [0.4, 0.5) is 4.39 Å². The van der Waals surface area contributed by atoms with Crippen LogP contribution in [0.25, 0.3) is 10.9 Å². The molecule has 1 N–H and O–H groups in total. The maximum atomic E-state index is 14.0. The van der Waals surface area contributed by atoms with Gasteiger partial charge in [-0.05, 0) is 36.6 Å². The minimum Gasteiger partial charge on any atom is -0.351 e. The smallest absolute Gasteiger partial charge is 0.247 e. The van der Waals surface area contributed by atoms with Crippen molar-refractivity contribution in [1.82, 2.24) is 14.8 Å². The van der Waals surface area contributed by atoms with Gasteiger partial charge in [0.15, 0.2) is 0 Å². The number of aromatic nitrogens is 1. The van der Waals surface area contributed by atoms with E-state index in [0.29, 0.717) is 0 Å². The van der Waals surface area contributed by atoms with Gasteiger partial charge in [0.05, 0.1) is 10.8 Å². The van der Waals surface area contributed by atoms with Gasteiger partial charge in [-0.1, -0.05) is 67.8 Å². The van der Waals surface area contributed by atoms with Crippen molar-refractivity contribution < 1.29 is 14.0 Å². The summed E-state index contributed by atoms with van der Waals surface area (Å²) < 4.78 is 15.6. The lowest BCUT2D eigenvalue weighted by molar-refractivity contribution is -0.140. The number of hydrogen-bond acceptors (Lipinski definition) is 3. The molecule has 5 rings (SSSR count). The van der Waals surface area contributed by atoms with Crippen LogP contribution in [0.2, 0.25) is 0 Å². The molecular weight excluding hydrogens is 449 g/mol. The number of rotatable bonds is 4. The zero-order valence-electron chi connectivity index (χ0n) is 19.4. The average molecular weight is 480 g/mol. The number of carbonyl (C=O) groups excluding carboxylic acids is 2. The number of halogens is 1. The van der Waals surface area contributed by atoms with Crippen molar-refractivity contribution in [2.24, 2.45) is 7.05 Å².